The largest absolute Gasteiger partial charge is 0.287 e. The number of hydroxylamine groups is 2. The molecule has 0 spiro atoms. The molecule has 6 nitrogen and oxygen atoms in total. The van der Waals surface area contributed by atoms with Crippen LogP contribution in [-0.2, 0) is 14.4 Å². The molecule has 0 aromatic heterocycles. The Bertz CT molecular complexity index is 1150. The second-order valence-electron chi connectivity index (χ2n) is 5.56. The highest BCUT2D eigenvalue weighted by Crippen LogP contribution is 2.35. The standard InChI is InChI=1S/C17H11NO5S/c1-24(21,22)23-18-16(19)13-8-4-6-11-9-10-5-2-3-7-12(10)15(14(11)13)17(18)20/h2-9H,1H3. The van der Waals surface area contributed by atoms with Gasteiger partial charge in [0.2, 0.25) is 0 Å². The Hall–Kier alpha value is -2.77. The molecule has 0 atom stereocenters. The van der Waals surface area contributed by atoms with E-state index in [9.17, 15) is 18.0 Å². The van der Waals surface area contributed by atoms with E-state index in [0.29, 0.717) is 15.8 Å². The molecule has 0 fully saturated rings. The molecule has 0 saturated heterocycles. The summed E-state index contributed by atoms with van der Waals surface area (Å²) in [7, 11) is -4.03. The molecule has 7 heteroatoms. The first-order valence-corrected chi connectivity index (χ1v) is 8.91. The van der Waals surface area contributed by atoms with Gasteiger partial charge in [0.25, 0.3) is 21.9 Å². The maximum absolute atomic E-state index is 12.8. The molecule has 1 aliphatic heterocycles. The molecule has 0 bridgehead atoms. The first-order valence-electron chi connectivity index (χ1n) is 7.10. The summed E-state index contributed by atoms with van der Waals surface area (Å²) in [4.78, 5) is 25.4. The molecule has 4 rings (SSSR count). The lowest BCUT2D eigenvalue weighted by atomic mass is 9.90. The van der Waals surface area contributed by atoms with Crippen molar-refractivity contribution in [2.45, 2.75) is 0 Å². The van der Waals surface area contributed by atoms with E-state index in [0.717, 1.165) is 17.0 Å². The van der Waals surface area contributed by atoms with Crippen molar-refractivity contribution in [3.63, 3.8) is 0 Å². The summed E-state index contributed by atoms with van der Waals surface area (Å²) in [5.74, 6) is -1.58. The van der Waals surface area contributed by atoms with Gasteiger partial charge in [-0.1, -0.05) is 36.4 Å². The maximum atomic E-state index is 12.8. The van der Waals surface area contributed by atoms with Crippen molar-refractivity contribution < 1.29 is 22.3 Å². The molecular weight excluding hydrogens is 330 g/mol. The molecular formula is C17H11NO5S. The van der Waals surface area contributed by atoms with Crippen LogP contribution in [0.3, 0.4) is 0 Å². The minimum absolute atomic E-state index is 0.233. The van der Waals surface area contributed by atoms with E-state index in [2.05, 4.69) is 4.28 Å². The molecule has 1 heterocycles. The molecule has 0 N–H and O–H groups in total. The van der Waals surface area contributed by atoms with Crippen LogP contribution >= 0.6 is 0 Å². The summed E-state index contributed by atoms with van der Waals surface area (Å²) in [6, 6.07) is 14.2. The van der Waals surface area contributed by atoms with E-state index in [4.69, 9.17) is 0 Å². The summed E-state index contributed by atoms with van der Waals surface area (Å²) < 4.78 is 27.5. The van der Waals surface area contributed by atoms with Gasteiger partial charge in [-0.15, -0.1) is 9.35 Å². The highest BCUT2D eigenvalue weighted by molar-refractivity contribution is 7.85. The molecule has 1 aliphatic rings. The van der Waals surface area contributed by atoms with Gasteiger partial charge in [0.1, 0.15) is 0 Å². The lowest BCUT2D eigenvalue weighted by Crippen LogP contribution is -2.41. The fourth-order valence-corrected chi connectivity index (χ4v) is 3.44. The second kappa shape index (κ2) is 4.86. The minimum atomic E-state index is -4.03. The zero-order valence-corrected chi connectivity index (χ0v) is 13.3. The van der Waals surface area contributed by atoms with Crippen LogP contribution in [0.2, 0.25) is 0 Å². The highest BCUT2D eigenvalue weighted by Gasteiger charge is 2.37. The van der Waals surface area contributed by atoms with E-state index in [1.54, 1.807) is 24.3 Å². The quantitative estimate of drug-likeness (QED) is 0.528. The van der Waals surface area contributed by atoms with Gasteiger partial charge in [-0.25, -0.2) is 0 Å². The predicted molar refractivity (Wildman–Crippen MR) is 87.9 cm³/mol. The van der Waals surface area contributed by atoms with Crippen molar-refractivity contribution in [1.82, 2.24) is 5.06 Å². The number of carbonyl (C=O) groups is 2. The zero-order chi connectivity index (χ0) is 17.1. The molecule has 120 valence electrons. The second-order valence-corrected chi connectivity index (χ2v) is 7.12. The average molecular weight is 341 g/mol. The Labute approximate surface area is 137 Å². The van der Waals surface area contributed by atoms with Gasteiger partial charge in [-0.05, 0) is 28.3 Å². The monoisotopic (exact) mass is 341 g/mol. The fraction of sp³-hybridized carbons (Fsp3) is 0.0588. The summed E-state index contributed by atoms with van der Waals surface area (Å²) in [5.41, 5.74) is 0.499. The van der Waals surface area contributed by atoms with E-state index >= 15 is 0 Å². The number of hydrogen-bond acceptors (Lipinski definition) is 5. The number of nitrogens with zero attached hydrogens (tertiary/aromatic N) is 1. The van der Waals surface area contributed by atoms with Crippen molar-refractivity contribution in [2.24, 2.45) is 0 Å². The van der Waals surface area contributed by atoms with E-state index in [-0.39, 0.29) is 11.1 Å². The minimum Gasteiger partial charge on any atom is -0.266 e. The van der Waals surface area contributed by atoms with E-state index in [1.807, 2.05) is 24.3 Å². The van der Waals surface area contributed by atoms with Crippen LogP contribution in [0, 0.1) is 0 Å². The Morgan fingerprint density at radius 2 is 1.62 bits per heavy atom. The van der Waals surface area contributed by atoms with Crippen LogP contribution in [-0.4, -0.2) is 31.6 Å². The number of fused-ring (bicyclic) bond motifs is 2. The number of carbonyl (C=O) groups excluding carboxylic acids is 2. The molecule has 0 radical (unpaired) electrons. The molecule has 0 saturated carbocycles. The number of hydrogen-bond donors (Lipinski definition) is 0. The summed E-state index contributed by atoms with van der Waals surface area (Å²) in [6.07, 6.45) is 0.784. The van der Waals surface area contributed by atoms with Crippen molar-refractivity contribution in [1.29, 1.82) is 0 Å². The summed E-state index contributed by atoms with van der Waals surface area (Å²) >= 11 is 0. The predicted octanol–water partition coefficient (Wildman–Crippen LogP) is 2.48. The maximum Gasteiger partial charge on any atom is 0.287 e. The van der Waals surface area contributed by atoms with Gasteiger partial charge < -0.3 is 0 Å². The molecule has 0 aliphatic carbocycles. The molecule has 3 aromatic rings. The summed E-state index contributed by atoms with van der Waals surface area (Å²) in [6.45, 7) is 0. The van der Waals surface area contributed by atoms with Gasteiger partial charge in [-0.2, -0.15) is 8.42 Å². The van der Waals surface area contributed by atoms with Gasteiger partial charge in [0, 0.05) is 5.39 Å². The van der Waals surface area contributed by atoms with Crippen molar-refractivity contribution in [3.05, 3.63) is 59.7 Å². The van der Waals surface area contributed by atoms with Crippen molar-refractivity contribution in [2.75, 3.05) is 6.26 Å². The Morgan fingerprint density at radius 3 is 2.38 bits per heavy atom. The van der Waals surface area contributed by atoms with Crippen LogP contribution in [0.5, 0.6) is 0 Å². The lowest BCUT2D eigenvalue weighted by Gasteiger charge is -2.25. The first kappa shape index (κ1) is 14.8. The Kier molecular flexibility index (Phi) is 3.00. The first-order chi connectivity index (χ1) is 11.4. The van der Waals surface area contributed by atoms with Gasteiger partial charge in [0.05, 0.1) is 17.4 Å². The SMILES string of the molecule is CS(=O)(=O)ON1C(=O)c2cccc3cc4ccccc4c(c23)C1=O. The smallest absolute Gasteiger partial charge is 0.266 e. The van der Waals surface area contributed by atoms with E-state index in [1.165, 1.54) is 0 Å². The zero-order valence-electron chi connectivity index (χ0n) is 12.5. The molecule has 3 aromatic carbocycles. The van der Waals surface area contributed by atoms with Crippen LogP contribution in [0.4, 0.5) is 0 Å². The van der Waals surface area contributed by atoms with Crippen LogP contribution < -0.4 is 0 Å². The highest BCUT2D eigenvalue weighted by atomic mass is 32.2. The van der Waals surface area contributed by atoms with E-state index < -0.39 is 21.9 Å². The molecule has 0 unspecified atom stereocenters. The van der Waals surface area contributed by atoms with Crippen LogP contribution in [0.1, 0.15) is 20.7 Å². The van der Waals surface area contributed by atoms with Gasteiger partial charge >= 0.3 is 0 Å². The lowest BCUT2D eigenvalue weighted by molar-refractivity contribution is -0.0148. The topological polar surface area (TPSA) is 80.8 Å². The number of amides is 2. The third kappa shape index (κ3) is 2.10. The van der Waals surface area contributed by atoms with Crippen molar-refractivity contribution >= 4 is 43.5 Å². The van der Waals surface area contributed by atoms with Crippen LogP contribution in [0.15, 0.2) is 48.5 Å². The molecule has 24 heavy (non-hydrogen) atoms. The summed E-state index contributed by atoms with van der Waals surface area (Å²) in [5, 5.41) is 3.02. The van der Waals surface area contributed by atoms with Crippen molar-refractivity contribution in [3.8, 4) is 0 Å². The third-order valence-electron chi connectivity index (χ3n) is 3.91. The van der Waals surface area contributed by atoms with Gasteiger partial charge in [0.15, 0.2) is 0 Å². The van der Waals surface area contributed by atoms with Gasteiger partial charge in [-0.3, -0.25) is 9.59 Å². The third-order valence-corrected chi connectivity index (χ3v) is 4.33. The normalized spacial score (nSPS) is 14.6. The fourth-order valence-electron chi connectivity index (χ4n) is 3.03. The number of imide groups is 1. The number of benzene rings is 3. The number of rotatable bonds is 2. The Balaban J connectivity index is 2.12. The van der Waals surface area contributed by atoms with Crippen LogP contribution in [0.25, 0.3) is 21.5 Å². The molecule has 2 amide bonds. The average Bonchev–Trinajstić information content (AvgIpc) is 2.54. The Morgan fingerprint density at radius 1 is 0.917 bits per heavy atom.